The minimum Gasteiger partial charge on any atom is -0.331 e. The summed E-state index contributed by atoms with van der Waals surface area (Å²) in [5.74, 6) is 0. The Hall–Kier alpha value is -1.68. The molecule has 0 aliphatic heterocycles. The highest BCUT2D eigenvalue weighted by Crippen LogP contribution is 2.16. The van der Waals surface area contributed by atoms with Crippen LogP contribution < -0.4 is 11.1 Å². The molecule has 1 radical (unpaired) electrons. The summed E-state index contributed by atoms with van der Waals surface area (Å²) in [5, 5.41) is 3.85. The molecule has 1 aromatic carbocycles. The van der Waals surface area contributed by atoms with Crippen LogP contribution in [0.2, 0.25) is 0 Å². The zero-order valence-corrected chi connectivity index (χ0v) is 8.14. The average Bonchev–Trinajstić information content (AvgIpc) is 2.17. The van der Waals surface area contributed by atoms with Gasteiger partial charge in [0.05, 0.1) is 5.52 Å². The minimum absolute atomic E-state index is 0.0141. The molecule has 1 heterocycles. The summed E-state index contributed by atoms with van der Waals surface area (Å²) in [4.78, 5) is 4.20. The number of nitrogens with one attached hydrogen (secondary N) is 2. The highest BCUT2D eigenvalue weighted by Gasteiger charge is 1.96. The third-order valence-corrected chi connectivity index (χ3v) is 1.97. The van der Waals surface area contributed by atoms with Gasteiger partial charge in [-0.2, -0.15) is 0 Å². The van der Waals surface area contributed by atoms with Gasteiger partial charge in [-0.1, -0.05) is 12.1 Å². The fourth-order valence-corrected chi connectivity index (χ4v) is 1.39. The van der Waals surface area contributed by atoms with Crippen molar-refractivity contribution in [2.45, 2.75) is 0 Å². The van der Waals surface area contributed by atoms with Crippen LogP contribution in [0.4, 0.5) is 5.69 Å². The fraction of sp³-hybridized carbons (Fsp3) is 0. The third-order valence-electron chi connectivity index (χ3n) is 1.86. The Bertz CT molecular complexity index is 482. The molecule has 2 rings (SSSR count). The Morgan fingerprint density at radius 2 is 2.21 bits per heavy atom. The third kappa shape index (κ3) is 1.80. The summed E-state index contributed by atoms with van der Waals surface area (Å²) >= 11 is 4.64. The molecule has 0 saturated heterocycles. The van der Waals surface area contributed by atoms with E-state index in [1.807, 2.05) is 30.3 Å². The van der Waals surface area contributed by atoms with E-state index in [1.54, 1.807) is 6.20 Å². The molecule has 0 spiro atoms. The molecule has 69 valence electrons. The van der Waals surface area contributed by atoms with E-state index in [9.17, 15) is 0 Å². The monoisotopic (exact) mass is 202 g/mol. The van der Waals surface area contributed by atoms with Crippen molar-refractivity contribution in [1.82, 2.24) is 10.7 Å². The van der Waals surface area contributed by atoms with Gasteiger partial charge in [0.2, 0.25) is 0 Å². The number of rotatable bonds is 1. The van der Waals surface area contributed by atoms with Gasteiger partial charge in [0.25, 0.3) is 0 Å². The molecule has 0 unspecified atom stereocenters. The number of hydrogen-bond donors (Lipinski definition) is 1. The number of thiocarbonyl (C=S) groups is 1. The first-order chi connectivity index (χ1) is 6.75. The number of aromatic nitrogens is 1. The second-order valence-corrected chi connectivity index (χ2v) is 3.27. The standard InChI is InChI=1S/C10H8N3S/c11-10(14)13-8-4-3-7-2-1-5-12-9(7)6-8/h1-6,11H,(H,13,14). The maximum absolute atomic E-state index is 7.12. The molecule has 0 bridgehead atoms. The molecule has 14 heavy (non-hydrogen) atoms. The van der Waals surface area contributed by atoms with E-state index >= 15 is 0 Å². The van der Waals surface area contributed by atoms with E-state index in [1.165, 1.54) is 0 Å². The molecule has 1 aromatic heterocycles. The van der Waals surface area contributed by atoms with Crippen molar-refractivity contribution in [2.75, 3.05) is 5.32 Å². The number of hydrogen-bond acceptors (Lipinski definition) is 2. The van der Waals surface area contributed by atoms with Crippen LogP contribution in [0.25, 0.3) is 10.9 Å². The molecular weight excluding hydrogens is 194 g/mol. The summed E-state index contributed by atoms with van der Waals surface area (Å²) < 4.78 is 0. The second kappa shape index (κ2) is 3.59. The van der Waals surface area contributed by atoms with Crippen LogP contribution in [0.3, 0.4) is 0 Å². The van der Waals surface area contributed by atoms with Crippen molar-refractivity contribution in [3.63, 3.8) is 0 Å². The lowest BCUT2D eigenvalue weighted by Crippen LogP contribution is -2.08. The Balaban J connectivity index is 2.46. The lowest BCUT2D eigenvalue weighted by atomic mass is 10.2. The SMILES string of the molecule is [NH]C(=S)Nc1ccc2cccnc2c1. The van der Waals surface area contributed by atoms with Crippen LogP contribution in [-0.4, -0.2) is 10.1 Å². The maximum Gasteiger partial charge on any atom is 0.189 e. The second-order valence-electron chi connectivity index (χ2n) is 2.87. The Kier molecular flexibility index (Phi) is 2.28. The van der Waals surface area contributed by atoms with Gasteiger partial charge in [0.15, 0.2) is 5.11 Å². The zero-order valence-electron chi connectivity index (χ0n) is 7.32. The topological polar surface area (TPSA) is 48.7 Å². The van der Waals surface area contributed by atoms with E-state index in [-0.39, 0.29) is 5.11 Å². The molecule has 2 aromatic rings. The van der Waals surface area contributed by atoms with Crippen LogP contribution in [-0.2, 0) is 0 Å². The van der Waals surface area contributed by atoms with E-state index in [4.69, 9.17) is 5.73 Å². The van der Waals surface area contributed by atoms with Crippen molar-refractivity contribution in [2.24, 2.45) is 0 Å². The lowest BCUT2D eigenvalue weighted by molar-refractivity contribution is 1.41. The highest BCUT2D eigenvalue weighted by atomic mass is 32.1. The van der Waals surface area contributed by atoms with Crippen molar-refractivity contribution < 1.29 is 0 Å². The first kappa shape index (κ1) is 8.90. The fourth-order valence-electron chi connectivity index (χ4n) is 1.28. The minimum atomic E-state index is 0.0141. The summed E-state index contributed by atoms with van der Waals surface area (Å²) in [6, 6.07) is 9.58. The van der Waals surface area contributed by atoms with Crippen molar-refractivity contribution >= 4 is 33.9 Å². The first-order valence-corrected chi connectivity index (χ1v) is 4.54. The molecule has 0 saturated carbocycles. The highest BCUT2D eigenvalue weighted by molar-refractivity contribution is 7.80. The number of nitrogens with zero attached hydrogens (tertiary/aromatic N) is 1. The van der Waals surface area contributed by atoms with Gasteiger partial charge in [-0.15, -0.1) is 0 Å². The van der Waals surface area contributed by atoms with Gasteiger partial charge in [0, 0.05) is 17.3 Å². The maximum atomic E-state index is 7.12. The van der Waals surface area contributed by atoms with Crippen molar-refractivity contribution in [3.05, 3.63) is 36.5 Å². The molecule has 0 aliphatic carbocycles. The van der Waals surface area contributed by atoms with Crippen LogP contribution in [0, 0.1) is 0 Å². The lowest BCUT2D eigenvalue weighted by Gasteiger charge is -2.03. The van der Waals surface area contributed by atoms with E-state index in [2.05, 4.69) is 22.5 Å². The van der Waals surface area contributed by atoms with Gasteiger partial charge in [-0.3, -0.25) is 10.7 Å². The van der Waals surface area contributed by atoms with E-state index in [0.29, 0.717) is 0 Å². The molecule has 2 N–H and O–H groups in total. The number of anilines is 1. The molecule has 4 heteroatoms. The van der Waals surface area contributed by atoms with Crippen LogP contribution >= 0.6 is 12.2 Å². The van der Waals surface area contributed by atoms with Crippen molar-refractivity contribution in [3.8, 4) is 0 Å². The summed E-state index contributed by atoms with van der Waals surface area (Å²) in [5.41, 5.74) is 8.82. The summed E-state index contributed by atoms with van der Waals surface area (Å²) in [7, 11) is 0. The van der Waals surface area contributed by atoms with Crippen LogP contribution in [0.5, 0.6) is 0 Å². The Morgan fingerprint density at radius 1 is 1.36 bits per heavy atom. The largest absolute Gasteiger partial charge is 0.331 e. The quantitative estimate of drug-likeness (QED) is 0.721. The Labute approximate surface area is 86.9 Å². The van der Waals surface area contributed by atoms with E-state index in [0.717, 1.165) is 16.6 Å². The molecular formula is C10H8N3S. The molecule has 3 nitrogen and oxygen atoms in total. The van der Waals surface area contributed by atoms with Gasteiger partial charge in [-0.05, 0) is 30.4 Å². The molecule has 0 aliphatic rings. The predicted octanol–water partition coefficient (Wildman–Crippen LogP) is 2.21. The van der Waals surface area contributed by atoms with Gasteiger partial charge in [-0.25, -0.2) is 0 Å². The average molecular weight is 202 g/mol. The molecule has 0 atom stereocenters. The smallest absolute Gasteiger partial charge is 0.189 e. The molecule has 0 fully saturated rings. The summed E-state index contributed by atoms with van der Waals surface area (Å²) in [6.45, 7) is 0. The van der Waals surface area contributed by atoms with Crippen LogP contribution in [0.15, 0.2) is 36.5 Å². The number of pyridine rings is 1. The Morgan fingerprint density at radius 3 is 3.00 bits per heavy atom. The summed E-state index contributed by atoms with van der Waals surface area (Å²) in [6.07, 6.45) is 1.74. The predicted molar refractivity (Wildman–Crippen MR) is 61.1 cm³/mol. The first-order valence-electron chi connectivity index (χ1n) is 4.13. The van der Waals surface area contributed by atoms with Crippen molar-refractivity contribution in [1.29, 1.82) is 0 Å². The van der Waals surface area contributed by atoms with Gasteiger partial charge < -0.3 is 5.32 Å². The zero-order chi connectivity index (χ0) is 9.97. The number of fused-ring (bicyclic) bond motifs is 1. The van der Waals surface area contributed by atoms with Gasteiger partial charge in [0.1, 0.15) is 0 Å². The number of benzene rings is 1. The van der Waals surface area contributed by atoms with E-state index < -0.39 is 0 Å². The van der Waals surface area contributed by atoms with Crippen LogP contribution in [0.1, 0.15) is 0 Å². The van der Waals surface area contributed by atoms with Gasteiger partial charge >= 0.3 is 0 Å². The molecule has 0 amide bonds. The normalized spacial score (nSPS) is 10.0.